The Balaban J connectivity index is 4.21. The first-order valence-corrected chi connectivity index (χ1v) is 23.9. The fourth-order valence-corrected chi connectivity index (χ4v) is 7.42. The molecule has 0 heterocycles. The highest BCUT2D eigenvalue weighted by Crippen LogP contribution is 2.19. The lowest BCUT2D eigenvalue weighted by atomic mass is 10.0. The number of carboxylic acids is 1. The molecule has 0 fully saturated rings. The van der Waals surface area contributed by atoms with Gasteiger partial charge in [-0.25, -0.2) is 4.79 Å². The van der Waals surface area contributed by atoms with Crippen LogP contribution in [0.2, 0.25) is 0 Å². The lowest BCUT2D eigenvalue weighted by Gasteiger charge is -2.18. The molecule has 4 N–H and O–H groups in total. The maximum atomic E-state index is 12.8. The summed E-state index contributed by atoms with van der Waals surface area (Å²) < 4.78 is 6.05. The summed E-state index contributed by atoms with van der Waals surface area (Å²) in [5, 5.41) is 22.6. The van der Waals surface area contributed by atoms with Gasteiger partial charge in [0.1, 0.15) is 12.1 Å². The van der Waals surface area contributed by atoms with Crippen LogP contribution in [0.25, 0.3) is 0 Å². The van der Waals surface area contributed by atoms with E-state index in [0.29, 0.717) is 19.3 Å². The van der Waals surface area contributed by atoms with Gasteiger partial charge >= 0.3 is 11.9 Å². The van der Waals surface area contributed by atoms with Crippen LogP contribution in [0.15, 0.2) is 0 Å². The third-order valence-corrected chi connectivity index (χ3v) is 11.1. The second-order valence-corrected chi connectivity index (χ2v) is 16.6. The van der Waals surface area contributed by atoms with Gasteiger partial charge in [-0.1, -0.05) is 200 Å². The quantitative estimate of drug-likeness (QED) is 0.0355. The number of carboxylic acid groups (broad SMARTS) is 1. The molecule has 0 radical (unpaired) electrons. The van der Waals surface area contributed by atoms with E-state index in [2.05, 4.69) is 24.5 Å². The van der Waals surface area contributed by atoms with E-state index in [1.165, 1.54) is 161 Å². The number of esters is 1. The Bertz CT molecular complexity index is 915. The molecule has 9 heteroatoms. The van der Waals surface area contributed by atoms with Gasteiger partial charge in [-0.3, -0.25) is 14.4 Å². The molecule has 2 atom stereocenters. The highest BCUT2D eigenvalue weighted by atomic mass is 16.5. The van der Waals surface area contributed by atoms with Crippen molar-refractivity contribution in [3.63, 3.8) is 0 Å². The Morgan fingerprint density at radius 2 is 0.804 bits per heavy atom. The number of hydrogen-bond acceptors (Lipinski definition) is 6. The second kappa shape index (κ2) is 42.4. The lowest BCUT2D eigenvalue weighted by Crippen LogP contribution is -2.47. The number of aliphatic carboxylic acids is 1. The standard InChI is InChI=1S/C47H90N2O7/c1-3-5-7-9-11-13-15-16-17-18-19-20-22-24-26-31-35-39-46(53)56-42(36-32-28-25-23-21-14-12-10-8-6-4-2)37-33-29-27-30-34-38-44(51)48-40-45(52)49-43(41-50)47(54)55/h42-43,50H,3-41H2,1-2H3,(H,48,51)(H,49,52)(H,54,55). The van der Waals surface area contributed by atoms with Crippen molar-refractivity contribution in [1.29, 1.82) is 0 Å². The summed E-state index contributed by atoms with van der Waals surface area (Å²) in [5.41, 5.74) is 0. The van der Waals surface area contributed by atoms with Crippen molar-refractivity contribution >= 4 is 23.8 Å². The van der Waals surface area contributed by atoms with Crippen molar-refractivity contribution in [3.8, 4) is 0 Å². The predicted molar refractivity (Wildman–Crippen MR) is 232 cm³/mol. The van der Waals surface area contributed by atoms with Crippen LogP contribution in [-0.4, -0.2) is 59.3 Å². The van der Waals surface area contributed by atoms with E-state index in [1.807, 2.05) is 0 Å². The van der Waals surface area contributed by atoms with Crippen molar-refractivity contribution in [2.24, 2.45) is 0 Å². The highest BCUT2D eigenvalue weighted by molar-refractivity contribution is 5.87. The maximum Gasteiger partial charge on any atom is 0.328 e. The van der Waals surface area contributed by atoms with Crippen molar-refractivity contribution in [1.82, 2.24) is 10.6 Å². The maximum absolute atomic E-state index is 12.8. The van der Waals surface area contributed by atoms with Gasteiger partial charge in [-0.15, -0.1) is 0 Å². The Hall–Kier alpha value is -2.16. The Kier molecular flexibility index (Phi) is 40.8. The zero-order valence-electron chi connectivity index (χ0n) is 36.7. The van der Waals surface area contributed by atoms with Gasteiger partial charge in [0.05, 0.1) is 13.2 Å². The molecule has 330 valence electrons. The lowest BCUT2D eigenvalue weighted by molar-refractivity contribution is -0.150. The molecule has 2 amide bonds. The van der Waals surface area contributed by atoms with E-state index < -0.39 is 24.5 Å². The zero-order chi connectivity index (χ0) is 41.2. The number of ether oxygens (including phenoxy) is 1. The van der Waals surface area contributed by atoms with Crippen molar-refractivity contribution < 1.29 is 34.1 Å². The summed E-state index contributed by atoms with van der Waals surface area (Å²) in [5.74, 6) is -2.27. The van der Waals surface area contributed by atoms with Crippen LogP contribution in [0.4, 0.5) is 0 Å². The summed E-state index contributed by atoms with van der Waals surface area (Å²) >= 11 is 0. The first kappa shape index (κ1) is 53.8. The molecule has 0 saturated heterocycles. The monoisotopic (exact) mass is 795 g/mol. The first-order valence-electron chi connectivity index (χ1n) is 23.9. The molecular formula is C47H90N2O7. The summed E-state index contributed by atoms with van der Waals surface area (Å²) in [6, 6.07) is -1.38. The van der Waals surface area contributed by atoms with Crippen LogP contribution in [0, 0.1) is 0 Å². The first-order chi connectivity index (χ1) is 27.3. The third kappa shape index (κ3) is 38.7. The fourth-order valence-electron chi connectivity index (χ4n) is 7.42. The molecule has 0 saturated carbocycles. The Morgan fingerprint density at radius 3 is 1.16 bits per heavy atom. The summed E-state index contributed by atoms with van der Waals surface area (Å²) in [6.45, 7) is 3.51. The molecular weight excluding hydrogens is 705 g/mol. The minimum absolute atomic E-state index is 0.00431. The van der Waals surface area contributed by atoms with E-state index in [-0.39, 0.29) is 24.5 Å². The van der Waals surface area contributed by atoms with E-state index in [4.69, 9.17) is 14.9 Å². The number of aliphatic hydroxyl groups excluding tert-OH is 1. The SMILES string of the molecule is CCCCCCCCCCCCCCCCCCCC(=O)OC(CCCCCCCCCCCCC)CCCCCCCC(=O)NCC(=O)NC(CO)C(=O)O. The average Bonchev–Trinajstić information content (AvgIpc) is 3.18. The smallest absolute Gasteiger partial charge is 0.328 e. The molecule has 0 aliphatic carbocycles. The van der Waals surface area contributed by atoms with Gasteiger partial charge in [0, 0.05) is 12.8 Å². The van der Waals surface area contributed by atoms with Crippen LogP contribution < -0.4 is 10.6 Å². The molecule has 0 aliphatic heterocycles. The van der Waals surface area contributed by atoms with E-state index in [1.54, 1.807) is 0 Å². The molecule has 0 bridgehead atoms. The molecule has 2 unspecified atom stereocenters. The van der Waals surface area contributed by atoms with Crippen LogP contribution in [0.5, 0.6) is 0 Å². The Labute approximate surface area is 344 Å². The predicted octanol–water partition coefficient (Wildman–Crippen LogP) is 12.0. The number of nitrogens with one attached hydrogen (secondary N) is 2. The number of carbonyl (C=O) groups excluding carboxylic acids is 3. The molecule has 0 aromatic rings. The van der Waals surface area contributed by atoms with Gasteiger partial charge in [-0.05, 0) is 38.5 Å². The van der Waals surface area contributed by atoms with Crippen LogP contribution in [-0.2, 0) is 23.9 Å². The molecule has 9 nitrogen and oxygen atoms in total. The van der Waals surface area contributed by atoms with Crippen LogP contribution >= 0.6 is 0 Å². The molecule has 0 aliphatic rings. The fraction of sp³-hybridized carbons (Fsp3) is 0.915. The van der Waals surface area contributed by atoms with Crippen LogP contribution in [0.3, 0.4) is 0 Å². The molecule has 0 aromatic heterocycles. The van der Waals surface area contributed by atoms with Crippen LogP contribution in [0.1, 0.15) is 251 Å². The second-order valence-electron chi connectivity index (χ2n) is 16.6. The number of rotatable bonds is 44. The third-order valence-electron chi connectivity index (χ3n) is 11.1. The van der Waals surface area contributed by atoms with E-state index >= 15 is 0 Å². The normalized spacial score (nSPS) is 12.3. The summed E-state index contributed by atoms with van der Waals surface area (Å²) in [4.78, 5) is 47.6. The topological polar surface area (TPSA) is 142 Å². The molecule has 0 rings (SSSR count). The summed E-state index contributed by atoms with van der Waals surface area (Å²) in [6.07, 6.45) is 44.2. The molecule has 0 aromatic carbocycles. The number of carbonyl (C=O) groups is 4. The minimum atomic E-state index is -1.38. The van der Waals surface area contributed by atoms with Crippen molar-refractivity contribution in [2.75, 3.05) is 13.2 Å². The zero-order valence-corrected chi connectivity index (χ0v) is 36.7. The Morgan fingerprint density at radius 1 is 0.464 bits per heavy atom. The number of hydrogen-bond donors (Lipinski definition) is 4. The van der Waals surface area contributed by atoms with E-state index in [9.17, 15) is 19.2 Å². The van der Waals surface area contributed by atoms with E-state index in [0.717, 1.165) is 57.8 Å². The van der Waals surface area contributed by atoms with Gasteiger partial charge in [-0.2, -0.15) is 0 Å². The molecule has 56 heavy (non-hydrogen) atoms. The van der Waals surface area contributed by atoms with Gasteiger partial charge < -0.3 is 25.6 Å². The average molecular weight is 795 g/mol. The number of unbranched alkanes of at least 4 members (excludes halogenated alkanes) is 30. The highest BCUT2D eigenvalue weighted by Gasteiger charge is 2.19. The van der Waals surface area contributed by atoms with Crippen molar-refractivity contribution in [2.45, 2.75) is 264 Å². The van der Waals surface area contributed by atoms with Gasteiger partial charge in [0.25, 0.3) is 0 Å². The van der Waals surface area contributed by atoms with Crippen molar-refractivity contribution in [3.05, 3.63) is 0 Å². The minimum Gasteiger partial charge on any atom is -0.480 e. The largest absolute Gasteiger partial charge is 0.480 e. The number of aliphatic hydroxyl groups is 1. The van der Waals surface area contributed by atoms with Gasteiger partial charge in [0.15, 0.2) is 0 Å². The molecule has 0 spiro atoms. The van der Waals surface area contributed by atoms with Gasteiger partial charge in [0.2, 0.25) is 11.8 Å². The number of amides is 2. The summed E-state index contributed by atoms with van der Waals surface area (Å²) in [7, 11) is 0.